The highest BCUT2D eigenvalue weighted by Crippen LogP contribution is 2.24. The Balaban J connectivity index is 1.59. The highest BCUT2D eigenvalue weighted by molar-refractivity contribution is 6.30. The normalized spacial score (nSPS) is 11.2. The SMILES string of the molecule is N#C/C(=C/c1ccc(-c2ccc(Cl)cc2)o1)C(=O)NCCCn1ccnc1. The number of nitrogens with zero attached hydrogens (tertiary/aromatic N) is 3. The van der Waals surface area contributed by atoms with Gasteiger partial charge in [-0.05, 0) is 42.8 Å². The van der Waals surface area contributed by atoms with Crippen molar-refractivity contribution in [3.05, 3.63) is 71.5 Å². The van der Waals surface area contributed by atoms with Crippen molar-refractivity contribution in [1.29, 1.82) is 5.26 Å². The van der Waals surface area contributed by atoms with Crippen molar-refractivity contribution in [3.8, 4) is 17.4 Å². The molecule has 6 nitrogen and oxygen atoms in total. The fourth-order valence-electron chi connectivity index (χ4n) is 2.47. The van der Waals surface area contributed by atoms with E-state index in [1.54, 1.807) is 36.8 Å². The van der Waals surface area contributed by atoms with Crippen LogP contribution in [0.25, 0.3) is 17.4 Å². The molecule has 0 fully saturated rings. The second-order valence-electron chi connectivity index (χ2n) is 5.79. The molecule has 0 saturated heterocycles. The molecule has 7 heteroatoms. The van der Waals surface area contributed by atoms with Crippen molar-refractivity contribution in [2.75, 3.05) is 6.54 Å². The van der Waals surface area contributed by atoms with Gasteiger partial charge in [0.05, 0.1) is 6.33 Å². The second kappa shape index (κ2) is 8.88. The average molecular weight is 381 g/mol. The fraction of sp³-hybridized carbons (Fsp3) is 0.150. The van der Waals surface area contributed by atoms with Crippen LogP contribution in [0.1, 0.15) is 12.2 Å². The van der Waals surface area contributed by atoms with Gasteiger partial charge in [0.2, 0.25) is 0 Å². The number of benzene rings is 1. The number of nitriles is 1. The van der Waals surface area contributed by atoms with Gasteiger partial charge in [0, 0.05) is 42.1 Å². The topological polar surface area (TPSA) is 83.9 Å². The van der Waals surface area contributed by atoms with Crippen molar-refractivity contribution in [1.82, 2.24) is 14.9 Å². The predicted octanol–water partition coefficient (Wildman–Crippen LogP) is 3.91. The number of aryl methyl sites for hydroxylation is 1. The molecular weight excluding hydrogens is 364 g/mol. The van der Waals surface area contributed by atoms with E-state index in [1.165, 1.54) is 6.08 Å². The second-order valence-corrected chi connectivity index (χ2v) is 6.23. The number of rotatable bonds is 7. The van der Waals surface area contributed by atoms with Crippen LogP contribution in [0.5, 0.6) is 0 Å². The quantitative estimate of drug-likeness (QED) is 0.382. The van der Waals surface area contributed by atoms with E-state index in [1.807, 2.05) is 29.0 Å². The van der Waals surface area contributed by atoms with Gasteiger partial charge in [-0.1, -0.05) is 11.6 Å². The molecule has 1 aromatic carbocycles. The van der Waals surface area contributed by atoms with E-state index in [4.69, 9.17) is 16.0 Å². The van der Waals surface area contributed by atoms with Gasteiger partial charge in [0.1, 0.15) is 23.2 Å². The molecule has 136 valence electrons. The van der Waals surface area contributed by atoms with Gasteiger partial charge in [0.25, 0.3) is 5.91 Å². The van der Waals surface area contributed by atoms with Gasteiger partial charge in [-0.2, -0.15) is 5.26 Å². The van der Waals surface area contributed by atoms with Crippen LogP contribution in [0, 0.1) is 11.3 Å². The third-order valence-electron chi connectivity index (χ3n) is 3.85. The summed E-state index contributed by atoms with van der Waals surface area (Å²) in [5.74, 6) is 0.647. The van der Waals surface area contributed by atoms with Crippen LogP contribution >= 0.6 is 11.6 Å². The van der Waals surface area contributed by atoms with Crippen molar-refractivity contribution < 1.29 is 9.21 Å². The van der Waals surface area contributed by atoms with Crippen molar-refractivity contribution in [2.24, 2.45) is 0 Å². The molecule has 3 rings (SSSR count). The minimum Gasteiger partial charge on any atom is -0.457 e. The molecule has 0 atom stereocenters. The minimum atomic E-state index is -0.424. The Morgan fingerprint density at radius 2 is 2.11 bits per heavy atom. The van der Waals surface area contributed by atoms with Gasteiger partial charge in [-0.25, -0.2) is 4.98 Å². The molecule has 0 bridgehead atoms. The molecule has 0 saturated carbocycles. The highest BCUT2D eigenvalue weighted by atomic mass is 35.5. The summed E-state index contributed by atoms with van der Waals surface area (Å²) in [7, 11) is 0. The number of imidazole rings is 1. The Bertz CT molecular complexity index is 966. The number of carbonyl (C=O) groups excluding carboxylic acids is 1. The first-order valence-corrected chi connectivity index (χ1v) is 8.75. The molecule has 2 heterocycles. The number of aromatic nitrogens is 2. The zero-order valence-electron chi connectivity index (χ0n) is 14.4. The summed E-state index contributed by atoms with van der Waals surface area (Å²) in [5.41, 5.74) is 0.858. The monoisotopic (exact) mass is 380 g/mol. The van der Waals surface area contributed by atoms with Gasteiger partial charge >= 0.3 is 0 Å². The Morgan fingerprint density at radius 1 is 1.30 bits per heavy atom. The van der Waals surface area contributed by atoms with Gasteiger partial charge in [-0.15, -0.1) is 0 Å². The van der Waals surface area contributed by atoms with Crippen LogP contribution in [0.2, 0.25) is 5.02 Å². The van der Waals surface area contributed by atoms with E-state index in [0.29, 0.717) is 23.1 Å². The molecule has 3 aromatic rings. The smallest absolute Gasteiger partial charge is 0.262 e. The third-order valence-corrected chi connectivity index (χ3v) is 4.10. The lowest BCUT2D eigenvalue weighted by Crippen LogP contribution is -2.26. The Hall–Kier alpha value is -3.30. The molecule has 0 aliphatic rings. The molecule has 0 unspecified atom stereocenters. The first kappa shape index (κ1) is 18.5. The summed E-state index contributed by atoms with van der Waals surface area (Å²) in [5, 5.41) is 12.7. The van der Waals surface area contributed by atoms with E-state index in [0.717, 1.165) is 18.5 Å². The van der Waals surface area contributed by atoms with E-state index < -0.39 is 5.91 Å². The maximum absolute atomic E-state index is 12.2. The first-order chi connectivity index (χ1) is 13.2. The fourth-order valence-corrected chi connectivity index (χ4v) is 2.59. The van der Waals surface area contributed by atoms with Crippen LogP contribution < -0.4 is 5.32 Å². The number of amides is 1. The van der Waals surface area contributed by atoms with Crippen LogP contribution in [0.15, 0.2) is 65.1 Å². The molecule has 0 aliphatic heterocycles. The molecule has 1 amide bonds. The maximum atomic E-state index is 12.2. The molecule has 1 N–H and O–H groups in total. The van der Waals surface area contributed by atoms with E-state index in [9.17, 15) is 10.1 Å². The summed E-state index contributed by atoms with van der Waals surface area (Å²) < 4.78 is 7.63. The molecule has 0 spiro atoms. The first-order valence-electron chi connectivity index (χ1n) is 8.37. The van der Waals surface area contributed by atoms with Gasteiger partial charge < -0.3 is 14.3 Å². The van der Waals surface area contributed by atoms with E-state index >= 15 is 0 Å². The average Bonchev–Trinajstić information content (AvgIpc) is 3.36. The lowest BCUT2D eigenvalue weighted by atomic mass is 10.2. The molecule has 27 heavy (non-hydrogen) atoms. The maximum Gasteiger partial charge on any atom is 0.262 e. The van der Waals surface area contributed by atoms with E-state index in [-0.39, 0.29) is 5.57 Å². The summed E-state index contributed by atoms with van der Waals surface area (Å²) >= 11 is 5.88. The number of carbonyl (C=O) groups is 1. The Kier molecular flexibility index (Phi) is 6.08. The lowest BCUT2D eigenvalue weighted by Gasteiger charge is -2.04. The zero-order valence-corrected chi connectivity index (χ0v) is 15.2. The Labute approximate surface area is 161 Å². The van der Waals surface area contributed by atoms with Crippen LogP contribution in [-0.4, -0.2) is 22.0 Å². The summed E-state index contributed by atoms with van der Waals surface area (Å²) in [6.07, 6.45) is 7.46. The van der Waals surface area contributed by atoms with Crippen molar-refractivity contribution >= 4 is 23.6 Å². The number of nitrogens with one attached hydrogen (secondary N) is 1. The summed E-state index contributed by atoms with van der Waals surface area (Å²) in [4.78, 5) is 16.1. The standard InChI is InChI=1S/C20H17ClN4O2/c21-17-4-2-15(3-5-17)19-7-6-18(27-19)12-16(13-22)20(26)24-8-1-10-25-11-9-23-14-25/h2-7,9,11-12,14H,1,8,10H2,(H,24,26)/b16-12-. The van der Waals surface area contributed by atoms with Crippen molar-refractivity contribution in [2.45, 2.75) is 13.0 Å². The van der Waals surface area contributed by atoms with Crippen LogP contribution in [0.3, 0.4) is 0 Å². The molecule has 0 aliphatic carbocycles. The summed E-state index contributed by atoms with van der Waals surface area (Å²) in [6, 6.07) is 12.6. The third kappa shape index (κ3) is 5.09. The van der Waals surface area contributed by atoms with Crippen LogP contribution in [0.4, 0.5) is 0 Å². The lowest BCUT2D eigenvalue weighted by molar-refractivity contribution is -0.117. The Morgan fingerprint density at radius 3 is 2.81 bits per heavy atom. The number of furan rings is 1. The largest absolute Gasteiger partial charge is 0.457 e. The zero-order chi connectivity index (χ0) is 19.1. The van der Waals surface area contributed by atoms with E-state index in [2.05, 4.69) is 10.3 Å². The number of hydrogen-bond donors (Lipinski definition) is 1. The van der Waals surface area contributed by atoms with Crippen LogP contribution in [-0.2, 0) is 11.3 Å². The predicted molar refractivity (Wildman–Crippen MR) is 103 cm³/mol. The minimum absolute atomic E-state index is 0.00497. The van der Waals surface area contributed by atoms with Crippen molar-refractivity contribution in [3.63, 3.8) is 0 Å². The molecule has 2 aromatic heterocycles. The highest BCUT2D eigenvalue weighted by Gasteiger charge is 2.10. The summed E-state index contributed by atoms with van der Waals surface area (Å²) in [6.45, 7) is 1.21. The molecular formula is C20H17ClN4O2. The van der Waals surface area contributed by atoms with Gasteiger partial charge in [0.15, 0.2) is 0 Å². The number of halogens is 1. The number of hydrogen-bond acceptors (Lipinski definition) is 4. The van der Waals surface area contributed by atoms with Gasteiger partial charge in [-0.3, -0.25) is 4.79 Å². The molecule has 0 radical (unpaired) electrons.